The molecule has 1 aromatic carbocycles. The van der Waals surface area contributed by atoms with E-state index >= 15 is 0 Å². The number of carboxylic acid groups (broad SMARTS) is 1. The van der Waals surface area contributed by atoms with Crippen molar-refractivity contribution in [1.29, 1.82) is 0 Å². The van der Waals surface area contributed by atoms with Gasteiger partial charge in [0.05, 0.1) is 0 Å². The molecule has 5 heteroatoms. The molecule has 1 aromatic rings. The fraction of sp³-hybridized carbons (Fsp3) is 0.200. The van der Waals surface area contributed by atoms with Crippen LogP contribution in [0.3, 0.4) is 0 Å². The maximum Gasteiger partial charge on any atom is 0.326 e. The Hall–Kier alpha value is -1.31. The average molecular weight is 223 g/mol. The van der Waals surface area contributed by atoms with Crippen molar-refractivity contribution >= 4 is 29.7 Å². The Morgan fingerprint density at radius 3 is 2.47 bits per heavy atom. The van der Waals surface area contributed by atoms with E-state index in [-0.39, 0.29) is 17.4 Å². The summed E-state index contributed by atoms with van der Waals surface area (Å²) in [4.78, 5) is 20.8. The van der Waals surface area contributed by atoms with Crippen LogP contribution in [-0.2, 0) is 16.0 Å². The topological polar surface area (TPSA) is 66.4 Å². The van der Waals surface area contributed by atoms with Gasteiger partial charge in [-0.05, 0) is 5.56 Å². The number of hydrogen-bond donors (Lipinski definition) is 2. The summed E-state index contributed by atoms with van der Waals surface area (Å²) in [5, 5.41) is 11.0. The Morgan fingerprint density at radius 1 is 1.40 bits per heavy atom. The maximum absolute atomic E-state index is 10.7. The second kappa shape index (κ2) is 7.05. The number of rotatable bonds is 5. The van der Waals surface area contributed by atoms with Gasteiger partial charge in [-0.1, -0.05) is 30.3 Å². The van der Waals surface area contributed by atoms with Crippen molar-refractivity contribution in [3.05, 3.63) is 35.9 Å². The molecule has 0 radical (unpaired) electrons. The molecule has 0 aliphatic rings. The molecular weight excluding hydrogens is 209 g/mol. The summed E-state index contributed by atoms with van der Waals surface area (Å²) in [5.41, 5.74) is 0.884. The molecule has 4 nitrogen and oxygen atoms in total. The van der Waals surface area contributed by atoms with Crippen molar-refractivity contribution in [3.63, 3.8) is 0 Å². The summed E-state index contributed by atoms with van der Waals surface area (Å²) in [6.07, 6.45) is 0.705. The van der Waals surface area contributed by atoms with Crippen LogP contribution in [0.1, 0.15) is 5.56 Å². The Bertz CT molecular complexity index is 316. The molecule has 15 heavy (non-hydrogen) atoms. The number of carboxylic acids is 1. The highest BCUT2D eigenvalue weighted by Gasteiger charge is 2.15. The molecule has 0 bridgehead atoms. The van der Waals surface area contributed by atoms with Crippen LogP contribution in [0.5, 0.6) is 0 Å². The largest absolute Gasteiger partial charge is 0.480 e. The third kappa shape index (κ3) is 4.64. The van der Waals surface area contributed by atoms with Crippen LogP contribution in [0, 0.1) is 0 Å². The molecule has 1 amide bonds. The van der Waals surface area contributed by atoms with Crippen LogP contribution in [0.25, 0.3) is 0 Å². The predicted octanol–water partition coefficient (Wildman–Crippen LogP) is -0.756. The van der Waals surface area contributed by atoms with Crippen LogP contribution in [0.2, 0.25) is 0 Å². The monoisotopic (exact) mass is 223 g/mol. The molecule has 0 aliphatic heterocycles. The first kappa shape index (κ1) is 13.7. The zero-order valence-corrected chi connectivity index (χ0v) is 7.51. The number of carbonyl (C=O) groups is 2. The van der Waals surface area contributed by atoms with Crippen molar-refractivity contribution in [2.45, 2.75) is 12.5 Å². The summed E-state index contributed by atoms with van der Waals surface area (Å²) < 4.78 is 0. The molecule has 0 fully saturated rings. The van der Waals surface area contributed by atoms with Crippen molar-refractivity contribution in [2.75, 3.05) is 0 Å². The van der Waals surface area contributed by atoms with E-state index < -0.39 is 12.0 Å². The van der Waals surface area contributed by atoms with Gasteiger partial charge in [-0.3, -0.25) is 4.79 Å². The lowest BCUT2D eigenvalue weighted by atomic mass is 10.1. The highest BCUT2D eigenvalue weighted by atomic mass is 27.0. The molecular formula is C10H14AlNO3. The summed E-state index contributed by atoms with van der Waals surface area (Å²) >= 11 is 0. The fourth-order valence-electron chi connectivity index (χ4n) is 1.15. The molecule has 1 atom stereocenters. The van der Waals surface area contributed by atoms with Gasteiger partial charge in [-0.2, -0.15) is 0 Å². The van der Waals surface area contributed by atoms with Crippen molar-refractivity contribution in [3.8, 4) is 0 Å². The van der Waals surface area contributed by atoms with Crippen LogP contribution in [0.15, 0.2) is 30.3 Å². The Labute approximate surface area is 98.4 Å². The average Bonchev–Trinajstić information content (AvgIpc) is 2.18. The minimum Gasteiger partial charge on any atom is -0.480 e. The number of carbonyl (C=O) groups excluding carboxylic acids is 1. The fourth-order valence-corrected chi connectivity index (χ4v) is 1.15. The van der Waals surface area contributed by atoms with Crippen LogP contribution >= 0.6 is 0 Å². The highest BCUT2D eigenvalue weighted by molar-refractivity contribution is 5.76. The number of aliphatic carboxylic acids is 1. The first-order chi connectivity index (χ1) is 6.74. The molecule has 0 aromatic heterocycles. The second-order valence-corrected chi connectivity index (χ2v) is 2.87. The van der Waals surface area contributed by atoms with Gasteiger partial charge in [0, 0.05) is 6.42 Å². The third-order valence-corrected chi connectivity index (χ3v) is 1.85. The second-order valence-electron chi connectivity index (χ2n) is 2.87. The highest BCUT2D eigenvalue weighted by Crippen LogP contribution is 2.02. The maximum atomic E-state index is 10.7. The summed E-state index contributed by atoms with van der Waals surface area (Å²) in [6.45, 7) is 0. The van der Waals surface area contributed by atoms with Crippen LogP contribution in [-0.4, -0.2) is 40.9 Å². The van der Waals surface area contributed by atoms with E-state index in [1.165, 1.54) is 0 Å². The zero-order valence-electron chi connectivity index (χ0n) is 7.51. The van der Waals surface area contributed by atoms with Gasteiger partial charge in [0.25, 0.3) is 0 Å². The first-order valence-electron chi connectivity index (χ1n) is 4.20. The number of hydrogen-bond acceptors (Lipinski definition) is 2. The van der Waals surface area contributed by atoms with Crippen molar-refractivity contribution in [2.24, 2.45) is 0 Å². The van der Waals surface area contributed by atoms with E-state index in [0.29, 0.717) is 12.8 Å². The number of benzene rings is 1. The van der Waals surface area contributed by atoms with Gasteiger partial charge < -0.3 is 10.4 Å². The first-order valence-corrected chi connectivity index (χ1v) is 4.20. The van der Waals surface area contributed by atoms with E-state index in [2.05, 4.69) is 5.32 Å². The molecule has 0 unspecified atom stereocenters. The summed E-state index contributed by atoms with van der Waals surface area (Å²) in [7, 11) is 0. The quantitative estimate of drug-likeness (QED) is 0.509. The number of amides is 1. The molecule has 0 aliphatic carbocycles. The van der Waals surface area contributed by atoms with E-state index in [4.69, 9.17) is 5.11 Å². The lowest BCUT2D eigenvalue weighted by molar-refractivity contribution is -0.140. The SMILES string of the molecule is O=CN[C@@H](Cc1ccccc1)C(=O)O.[AlH3]. The standard InChI is InChI=1S/C10H11NO3.Al.3H/c12-7-11-9(10(13)14)6-8-4-2-1-3-5-8;;;;/h1-5,7,9H,6H2,(H,11,12)(H,13,14);;;;/t9-;;;;/m0..../s1. The van der Waals surface area contributed by atoms with Gasteiger partial charge in [0.2, 0.25) is 6.41 Å². The lowest BCUT2D eigenvalue weighted by Crippen LogP contribution is -2.37. The van der Waals surface area contributed by atoms with E-state index in [1.807, 2.05) is 30.3 Å². The minimum atomic E-state index is -1.03. The molecule has 0 spiro atoms. The van der Waals surface area contributed by atoms with E-state index in [0.717, 1.165) is 5.56 Å². The van der Waals surface area contributed by atoms with Crippen molar-refractivity contribution < 1.29 is 14.7 Å². The predicted molar refractivity (Wildman–Crippen MR) is 60.7 cm³/mol. The van der Waals surface area contributed by atoms with Gasteiger partial charge in [0.15, 0.2) is 17.4 Å². The van der Waals surface area contributed by atoms with Crippen LogP contribution < -0.4 is 5.32 Å². The summed E-state index contributed by atoms with van der Waals surface area (Å²) in [5.74, 6) is -1.03. The molecule has 1 rings (SSSR count). The summed E-state index contributed by atoms with van der Waals surface area (Å²) in [6, 6.07) is 8.30. The lowest BCUT2D eigenvalue weighted by Gasteiger charge is -2.10. The minimum absolute atomic E-state index is 0. The van der Waals surface area contributed by atoms with Crippen molar-refractivity contribution in [1.82, 2.24) is 5.32 Å². The Balaban J connectivity index is 0.00000196. The van der Waals surface area contributed by atoms with E-state index in [9.17, 15) is 9.59 Å². The van der Waals surface area contributed by atoms with Gasteiger partial charge in [-0.25, -0.2) is 4.79 Å². The van der Waals surface area contributed by atoms with Gasteiger partial charge in [-0.15, -0.1) is 0 Å². The molecule has 0 saturated heterocycles. The zero-order chi connectivity index (χ0) is 10.4. The number of nitrogens with one attached hydrogen (secondary N) is 1. The molecule has 0 saturated carbocycles. The Morgan fingerprint density at radius 2 is 2.00 bits per heavy atom. The van der Waals surface area contributed by atoms with E-state index in [1.54, 1.807) is 0 Å². The van der Waals surface area contributed by atoms with Crippen LogP contribution in [0.4, 0.5) is 0 Å². The van der Waals surface area contributed by atoms with Gasteiger partial charge in [0.1, 0.15) is 6.04 Å². The normalized spacial score (nSPS) is 10.9. The third-order valence-electron chi connectivity index (χ3n) is 1.85. The Kier molecular flexibility index (Phi) is 6.43. The molecule has 0 heterocycles. The van der Waals surface area contributed by atoms with Gasteiger partial charge >= 0.3 is 5.97 Å². The molecule has 2 N–H and O–H groups in total. The molecule has 80 valence electrons. The smallest absolute Gasteiger partial charge is 0.326 e.